The normalized spacial score (nSPS) is 10.6. The molecule has 1 heterocycles. The molecule has 0 spiro atoms. The first-order chi connectivity index (χ1) is 14.5. The van der Waals surface area contributed by atoms with Gasteiger partial charge < -0.3 is 0 Å². The van der Waals surface area contributed by atoms with Crippen molar-refractivity contribution in [2.24, 2.45) is 0 Å². The first-order valence-electron chi connectivity index (χ1n) is 9.61. The third kappa shape index (κ3) is 3.54. The van der Waals surface area contributed by atoms with E-state index in [1.165, 1.54) is 11.1 Å². The Morgan fingerprint density at radius 3 is 2.27 bits per heavy atom. The number of nitrogens with zero attached hydrogens (tertiary/aromatic N) is 3. The molecule has 0 aliphatic carbocycles. The fourth-order valence-electron chi connectivity index (χ4n) is 3.70. The number of nitriles is 1. The molecule has 0 radical (unpaired) electrons. The molecular formula is C26H20ClN3. The Kier molecular flexibility index (Phi) is 5.27. The Balaban J connectivity index is 1.69. The largest absolute Gasteiger partial charge is 0.237 e. The van der Waals surface area contributed by atoms with E-state index in [4.69, 9.17) is 22.0 Å². The van der Waals surface area contributed by atoms with Crippen molar-refractivity contribution < 1.29 is 0 Å². The summed E-state index contributed by atoms with van der Waals surface area (Å²) < 4.78 is 1.85. The Morgan fingerprint density at radius 1 is 0.967 bits per heavy atom. The fourth-order valence-corrected chi connectivity index (χ4v) is 3.91. The number of hydrogen-bond donors (Lipinski definition) is 0. The second-order valence-corrected chi connectivity index (χ2v) is 7.56. The van der Waals surface area contributed by atoms with E-state index in [9.17, 15) is 0 Å². The summed E-state index contributed by atoms with van der Waals surface area (Å²) >= 11 is 6.22. The second-order valence-electron chi connectivity index (χ2n) is 7.16. The van der Waals surface area contributed by atoms with Gasteiger partial charge in [0.25, 0.3) is 0 Å². The van der Waals surface area contributed by atoms with E-state index in [2.05, 4.69) is 49.0 Å². The zero-order valence-electron chi connectivity index (χ0n) is 16.9. The number of rotatable bonds is 4. The van der Waals surface area contributed by atoms with Crippen molar-refractivity contribution in [2.45, 2.75) is 13.8 Å². The summed E-state index contributed by atoms with van der Waals surface area (Å²) in [6.45, 7) is 8.35. The van der Waals surface area contributed by atoms with Crippen LogP contribution in [0.2, 0.25) is 5.02 Å². The van der Waals surface area contributed by atoms with E-state index >= 15 is 0 Å². The zero-order valence-corrected chi connectivity index (χ0v) is 17.6. The predicted octanol–water partition coefficient (Wildman–Crippen LogP) is 6.74. The quantitative estimate of drug-likeness (QED) is 0.374. The number of hydrogen-bond acceptors (Lipinski definition) is 2. The monoisotopic (exact) mass is 409 g/mol. The second kappa shape index (κ2) is 8.02. The molecule has 1 aromatic heterocycles. The van der Waals surface area contributed by atoms with E-state index in [1.807, 2.05) is 42.8 Å². The standard InChI is InChI=1S/C26H20ClN3/c1-17(20-9-11-22(12-10-20)21-7-5-4-6-8-21)26-18(2)29-30(19(26)3)24-14-13-23(16-28)25(27)15-24/h4-15H,1H2,2-3H3. The number of aromatic nitrogens is 2. The molecule has 30 heavy (non-hydrogen) atoms. The van der Waals surface area contributed by atoms with Crippen molar-refractivity contribution in [1.82, 2.24) is 9.78 Å². The molecule has 0 aliphatic heterocycles. The van der Waals surface area contributed by atoms with Gasteiger partial charge in [0.05, 0.1) is 22.0 Å². The van der Waals surface area contributed by atoms with Gasteiger partial charge in [-0.2, -0.15) is 10.4 Å². The maximum Gasteiger partial charge on any atom is 0.101 e. The number of halogens is 1. The molecule has 0 amide bonds. The number of benzene rings is 3. The Labute approximate surface area is 181 Å². The molecule has 4 aromatic rings. The Morgan fingerprint density at radius 2 is 1.63 bits per heavy atom. The van der Waals surface area contributed by atoms with E-state index in [0.29, 0.717) is 10.6 Å². The summed E-state index contributed by atoms with van der Waals surface area (Å²) in [5.41, 5.74) is 8.49. The first-order valence-corrected chi connectivity index (χ1v) is 9.99. The number of aryl methyl sites for hydroxylation is 1. The van der Waals surface area contributed by atoms with Gasteiger partial charge in [0.1, 0.15) is 6.07 Å². The molecule has 0 atom stereocenters. The highest BCUT2D eigenvalue weighted by atomic mass is 35.5. The minimum Gasteiger partial charge on any atom is -0.237 e. The summed E-state index contributed by atoms with van der Waals surface area (Å²) in [7, 11) is 0. The van der Waals surface area contributed by atoms with Crippen LogP contribution in [0.5, 0.6) is 0 Å². The van der Waals surface area contributed by atoms with Crippen molar-refractivity contribution >= 4 is 17.2 Å². The van der Waals surface area contributed by atoms with Gasteiger partial charge >= 0.3 is 0 Å². The third-order valence-corrected chi connectivity index (χ3v) is 5.56. The topological polar surface area (TPSA) is 41.6 Å². The van der Waals surface area contributed by atoms with E-state index in [1.54, 1.807) is 12.1 Å². The average Bonchev–Trinajstić information content (AvgIpc) is 3.07. The van der Waals surface area contributed by atoms with Crippen molar-refractivity contribution in [3.8, 4) is 22.9 Å². The minimum absolute atomic E-state index is 0.416. The van der Waals surface area contributed by atoms with Crippen molar-refractivity contribution in [3.05, 3.63) is 112 Å². The van der Waals surface area contributed by atoms with Crippen molar-refractivity contribution in [3.63, 3.8) is 0 Å². The van der Waals surface area contributed by atoms with Crippen LogP contribution in [0.4, 0.5) is 0 Å². The van der Waals surface area contributed by atoms with Crippen LogP contribution < -0.4 is 0 Å². The molecule has 4 rings (SSSR count). The minimum atomic E-state index is 0.416. The van der Waals surface area contributed by atoms with Gasteiger partial charge in [-0.05, 0) is 54.3 Å². The van der Waals surface area contributed by atoms with Crippen LogP contribution in [0.3, 0.4) is 0 Å². The maximum atomic E-state index is 9.11. The summed E-state index contributed by atoms with van der Waals surface area (Å²) in [6.07, 6.45) is 0. The van der Waals surface area contributed by atoms with Gasteiger partial charge in [-0.25, -0.2) is 4.68 Å². The van der Waals surface area contributed by atoms with Crippen molar-refractivity contribution in [1.29, 1.82) is 5.26 Å². The summed E-state index contributed by atoms with van der Waals surface area (Å²) in [6, 6.07) is 26.1. The van der Waals surface area contributed by atoms with E-state index in [0.717, 1.165) is 33.8 Å². The summed E-state index contributed by atoms with van der Waals surface area (Å²) in [5.74, 6) is 0. The lowest BCUT2D eigenvalue weighted by Gasteiger charge is -2.10. The molecule has 0 saturated carbocycles. The smallest absolute Gasteiger partial charge is 0.101 e. The summed E-state index contributed by atoms with van der Waals surface area (Å²) in [4.78, 5) is 0. The van der Waals surface area contributed by atoms with Gasteiger partial charge in [-0.1, -0.05) is 72.8 Å². The summed E-state index contributed by atoms with van der Waals surface area (Å²) in [5, 5.41) is 14.2. The molecule has 0 bridgehead atoms. The fraction of sp³-hybridized carbons (Fsp3) is 0.0769. The van der Waals surface area contributed by atoms with E-state index < -0.39 is 0 Å². The lowest BCUT2D eigenvalue weighted by molar-refractivity contribution is 0.833. The molecule has 0 saturated heterocycles. The van der Waals surface area contributed by atoms with Crippen LogP contribution in [0.1, 0.15) is 28.1 Å². The van der Waals surface area contributed by atoms with Crippen LogP contribution >= 0.6 is 11.6 Å². The van der Waals surface area contributed by atoms with Crippen molar-refractivity contribution in [2.75, 3.05) is 0 Å². The lowest BCUT2D eigenvalue weighted by atomic mass is 9.96. The molecule has 4 heteroatoms. The zero-order chi connectivity index (χ0) is 21.3. The van der Waals surface area contributed by atoms with Gasteiger partial charge in [-0.15, -0.1) is 0 Å². The first kappa shape index (κ1) is 19.7. The van der Waals surface area contributed by atoms with E-state index in [-0.39, 0.29) is 0 Å². The average molecular weight is 410 g/mol. The van der Waals surface area contributed by atoms with Gasteiger partial charge in [0, 0.05) is 11.3 Å². The van der Waals surface area contributed by atoms with Crippen LogP contribution in [0, 0.1) is 25.2 Å². The van der Waals surface area contributed by atoms with Crippen LogP contribution in [0.25, 0.3) is 22.4 Å². The molecule has 0 aliphatic rings. The predicted molar refractivity (Wildman–Crippen MR) is 123 cm³/mol. The highest BCUT2D eigenvalue weighted by Gasteiger charge is 2.17. The molecular weight excluding hydrogens is 390 g/mol. The Hall–Kier alpha value is -3.61. The maximum absolute atomic E-state index is 9.11. The van der Waals surface area contributed by atoms with Crippen LogP contribution in [-0.2, 0) is 0 Å². The molecule has 0 fully saturated rings. The SMILES string of the molecule is C=C(c1ccc(-c2ccccc2)cc1)c1c(C)nn(-c2ccc(C#N)c(Cl)c2)c1C. The molecule has 3 aromatic carbocycles. The Bertz CT molecular complexity index is 1280. The molecule has 0 unspecified atom stereocenters. The third-order valence-electron chi connectivity index (χ3n) is 5.25. The molecule has 3 nitrogen and oxygen atoms in total. The van der Waals surface area contributed by atoms with Gasteiger partial charge in [0.2, 0.25) is 0 Å². The highest BCUT2D eigenvalue weighted by Crippen LogP contribution is 2.31. The van der Waals surface area contributed by atoms with Gasteiger partial charge in [0.15, 0.2) is 0 Å². The van der Waals surface area contributed by atoms with Crippen LogP contribution in [-0.4, -0.2) is 9.78 Å². The van der Waals surface area contributed by atoms with Gasteiger partial charge in [-0.3, -0.25) is 0 Å². The molecule has 0 N–H and O–H groups in total. The highest BCUT2D eigenvalue weighted by molar-refractivity contribution is 6.31. The lowest BCUT2D eigenvalue weighted by Crippen LogP contribution is -2.00. The molecule has 146 valence electrons. The van der Waals surface area contributed by atoms with Crippen LogP contribution in [0.15, 0.2) is 79.4 Å².